The number of nitrogens with two attached hydrogens (primary N) is 1. The molecule has 0 heterocycles. The van der Waals surface area contributed by atoms with E-state index in [1.165, 1.54) is 6.07 Å². The number of hydrogen-bond donors (Lipinski definition) is 2. The van der Waals surface area contributed by atoms with Gasteiger partial charge in [0.1, 0.15) is 5.82 Å². The summed E-state index contributed by atoms with van der Waals surface area (Å²) < 4.78 is 14.3. The Labute approximate surface area is 133 Å². The predicted octanol–water partition coefficient (Wildman–Crippen LogP) is 3.06. The van der Waals surface area contributed by atoms with Gasteiger partial charge < -0.3 is 11.1 Å². The molecule has 0 aliphatic rings. The Morgan fingerprint density at radius 1 is 1.50 bits per heavy atom. The zero-order valence-electron chi connectivity index (χ0n) is 10.4. The summed E-state index contributed by atoms with van der Waals surface area (Å²) >= 11 is 3.31. The van der Waals surface area contributed by atoms with Gasteiger partial charge in [0.25, 0.3) is 0 Å². The van der Waals surface area contributed by atoms with Crippen molar-refractivity contribution in [3.05, 3.63) is 34.1 Å². The van der Waals surface area contributed by atoms with E-state index in [0.717, 1.165) is 4.47 Å². The summed E-state index contributed by atoms with van der Waals surface area (Å²) in [5, 5.41) is 2.98. The molecule has 0 aliphatic carbocycles. The number of hydrogen-bond acceptors (Lipinski definition) is 1. The lowest BCUT2D eigenvalue weighted by atomic mass is 10.1. The highest BCUT2D eigenvalue weighted by atomic mass is 127. The van der Waals surface area contributed by atoms with E-state index in [1.807, 2.05) is 13.8 Å². The first-order chi connectivity index (χ1) is 7.99. The topological polar surface area (TPSA) is 50.4 Å². The second kappa shape index (κ2) is 8.68. The van der Waals surface area contributed by atoms with Crippen molar-refractivity contribution in [2.75, 3.05) is 6.54 Å². The Hall–Kier alpha value is -0.370. The van der Waals surface area contributed by atoms with Gasteiger partial charge in [-0.3, -0.25) is 4.99 Å². The first-order valence-corrected chi connectivity index (χ1v) is 6.28. The molecule has 1 rings (SSSR count). The van der Waals surface area contributed by atoms with Crippen molar-refractivity contribution in [1.82, 2.24) is 5.32 Å². The van der Waals surface area contributed by atoms with Gasteiger partial charge in [-0.15, -0.1) is 24.0 Å². The van der Waals surface area contributed by atoms with E-state index in [1.54, 1.807) is 12.1 Å². The predicted molar refractivity (Wildman–Crippen MR) is 88.0 cm³/mol. The molecule has 0 spiro atoms. The van der Waals surface area contributed by atoms with Crippen molar-refractivity contribution in [3.8, 4) is 0 Å². The summed E-state index contributed by atoms with van der Waals surface area (Å²) in [4.78, 5) is 4.13. The summed E-state index contributed by atoms with van der Waals surface area (Å²) in [5.41, 5.74) is 6.28. The van der Waals surface area contributed by atoms with E-state index in [4.69, 9.17) is 5.73 Å². The second-order valence-electron chi connectivity index (χ2n) is 4.05. The molecule has 0 aromatic heterocycles. The molecule has 0 bridgehead atoms. The minimum Gasteiger partial charge on any atom is -0.370 e. The highest BCUT2D eigenvalue weighted by Gasteiger charge is 2.02. The van der Waals surface area contributed by atoms with Gasteiger partial charge >= 0.3 is 0 Å². The summed E-state index contributed by atoms with van der Waals surface area (Å²) in [5.74, 6) is 0.189. The van der Waals surface area contributed by atoms with Crippen LogP contribution in [0.25, 0.3) is 0 Å². The minimum absolute atomic E-state index is 0. The first kappa shape index (κ1) is 17.6. The van der Waals surface area contributed by atoms with Gasteiger partial charge in [-0.05, 0) is 44.0 Å². The van der Waals surface area contributed by atoms with E-state index in [9.17, 15) is 4.39 Å². The third-order valence-electron chi connectivity index (χ3n) is 2.11. The van der Waals surface area contributed by atoms with Crippen molar-refractivity contribution in [3.63, 3.8) is 0 Å². The van der Waals surface area contributed by atoms with Crippen LogP contribution in [0.2, 0.25) is 0 Å². The largest absolute Gasteiger partial charge is 0.370 e. The van der Waals surface area contributed by atoms with E-state index in [-0.39, 0.29) is 35.8 Å². The normalized spacial score (nSPS) is 11.3. The maximum absolute atomic E-state index is 13.4. The molecule has 0 atom stereocenters. The van der Waals surface area contributed by atoms with Crippen LogP contribution in [-0.4, -0.2) is 18.5 Å². The molecule has 102 valence electrons. The quantitative estimate of drug-likeness (QED) is 0.439. The summed E-state index contributed by atoms with van der Waals surface area (Å²) in [6.07, 6.45) is 0.533. The Morgan fingerprint density at radius 3 is 2.78 bits per heavy atom. The average molecular weight is 430 g/mol. The van der Waals surface area contributed by atoms with E-state index in [0.29, 0.717) is 24.5 Å². The number of nitrogens with one attached hydrogen (secondary N) is 1. The fraction of sp³-hybridized carbons (Fsp3) is 0.417. The molecular weight excluding hydrogens is 412 g/mol. The second-order valence-corrected chi connectivity index (χ2v) is 4.97. The molecule has 6 heteroatoms. The monoisotopic (exact) mass is 429 g/mol. The number of rotatable bonds is 4. The van der Waals surface area contributed by atoms with Crippen LogP contribution in [0.1, 0.15) is 19.4 Å². The van der Waals surface area contributed by atoms with Crippen LogP contribution in [0.5, 0.6) is 0 Å². The molecule has 0 saturated carbocycles. The van der Waals surface area contributed by atoms with Gasteiger partial charge in [0.2, 0.25) is 0 Å². The van der Waals surface area contributed by atoms with Crippen LogP contribution >= 0.6 is 39.9 Å². The Morgan fingerprint density at radius 2 is 2.17 bits per heavy atom. The van der Waals surface area contributed by atoms with Crippen LogP contribution < -0.4 is 11.1 Å². The summed E-state index contributed by atoms with van der Waals surface area (Å²) in [6.45, 7) is 4.44. The van der Waals surface area contributed by atoms with Crippen molar-refractivity contribution in [1.29, 1.82) is 0 Å². The highest BCUT2D eigenvalue weighted by molar-refractivity contribution is 14.0. The third-order valence-corrected chi connectivity index (χ3v) is 2.60. The zero-order chi connectivity index (χ0) is 12.8. The lowest BCUT2D eigenvalue weighted by molar-refractivity contribution is 0.609. The Balaban J connectivity index is 0.00000289. The number of guanidine groups is 1. The molecule has 3 N–H and O–H groups in total. The molecule has 0 aliphatic heterocycles. The first-order valence-electron chi connectivity index (χ1n) is 5.49. The van der Waals surface area contributed by atoms with Crippen LogP contribution in [0, 0.1) is 5.82 Å². The van der Waals surface area contributed by atoms with Crippen molar-refractivity contribution < 1.29 is 4.39 Å². The molecule has 1 aromatic carbocycles. The third kappa shape index (κ3) is 6.53. The molecular formula is C12H18BrFIN3. The van der Waals surface area contributed by atoms with E-state index in [2.05, 4.69) is 26.2 Å². The fourth-order valence-corrected chi connectivity index (χ4v) is 1.78. The highest BCUT2D eigenvalue weighted by Crippen LogP contribution is 2.15. The van der Waals surface area contributed by atoms with Crippen LogP contribution in [-0.2, 0) is 6.42 Å². The number of aliphatic imine (C=N–C) groups is 1. The molecule has 0 radical (unpaired) electrons. The van der Waals surface area contributed by atoms with Gasteiger partial charge in [-0.1, -0.05) is 15.9 Å². The van der Waals surface area contributed by atoms with Crippen LogP contribution in [0.4, 0.5) is 4.39 Å². The molecule has 1 aromatic rings. The molecule has 0 fully saturated rings. The average Bonchev–Trinajstić information content (AvgIpc) is 2.22. The van der Waals surface area contributed by atoms with Gasteiger partial charge in [0.15, 0.2) is 5.96 Å². The maximum Gasteiger partial charge on any atom is 0.188 e. The standard InChI is InChI=1S/C12H17BrFN3.HI/c1-8(2)17-12(15)16-6-5-9-7-10(13)3-4-11(9)14;/h3-4,7-8H,5-6H2,1-2H3,(H3,15,16,17);1H. The van der Waals surface area contributed by atoms with Crippen LogP contribution in [0.3, 0.4) is 0 Å². The van der Waals surface area contributed by atoms with Crippen LogP contribution in [0.15, 0.2) is 27.7 Å². The number of halogens is 3. The molecule has 0 unspecified atom stereocenters. The maximum atomic E-state index is 13.4. The SMILES string of the molecule is CC(C)NC(N)=NCCc1cc(Br)ccc1F.I. The van der Waals surface area contributed by atoms with Crippen molar-refractivity contribution in [2.45, 2.75) is 26.3 Å². The van der Waals surface area contributed by atoms with Crippen molar-refractivity contribution >= 4 is 45.9 Å². The Bertz CT molecular complexity index is 410. The molecule has 3 nitrogen and oxygen atoms in total. The van der Waals surface area contributed by atoms with E-state index < -0.39 is 0 Å². The van der Waals surface area contributed by atoms with Gasteiger partial charge in [0, 0.05) is 17.1 Å². The Kier molecular flexibility index (Phi) is 8.51. The molecule has 0 saturated heterocycles. The zero-order valence-corrected chi connectivity index (χ0v) is 14.3. The summed E-state index contributed by atoms with van der Waals surface area (Å²) in [6, 6.07) is 5.13. The van der Waals surface area contributed by atoms with Gasteiger partial charge in [-0.2, -0.15) is 0 Å². The smallest absolute Gasteiger partial charge is 0.188 e. The van der Waals surface area contributed by atoms with Crippen molar-refractivity contribution in [2.24, 2.45) is 10.7 Å². The minimum atomic E-state index is -0.209. The summed E-state index contributed by atoms with van der Waals surface area (Å²) in [7, 11) is 0. The number of nitrogens with zero attached hydrogens (tertiary/aromatic N) is 1. The fourth-order valence-electron chi connectivity index (χ4n) is 1.37. The lowest BCUT2D eigenvalue weighted by Crippen LogP contribution is -2.36. The van der Waals surface area contributed by atoms with E-state index >= 15 is 0 Å². The lowest BCUT2D eigenvalue weighted by Gasteiger charge is -2.08. The molecule has 0 amide bonds. The molecule has 18 heavy (non-hydrogen) atoms. The number of benzene rings is 1. The van der Waals surface area contributed by atoms with Gasteiger partial charge in [0.05, 0.1) is 0 Å². The van der Waals surface area contributed by atoms with Gasteiger partial charge in [-0.25, -0.2) is 4.39 Å².